The molecule has 3 unspecified atom stereocenters. The van der Waals surface area contributed by atoms with E-state index in [0.29, 0.717) is 17.8 Å². The van der Waals surface area contributed by atoms with Crippen molar-refractivity contribution in [3.05, 3.63) is 11.7 Å². The van der Waals surface area contributed by atoms with Crippen molar-refractivity contribution < 1.29 is 9.26 Å². The number of nitrogens with one attached hydrogen (secondary N) is 1. The third kappa shape index (κ3) is 4.78. The van der Waals surface area contributed by atoms with Crippen molar-refractivity contribution >= 4 is 0 Å². The molecular formula is C16H31N3O2. The van der Waals surface area contributed by atoms with E-state index in [4.69, 9.17) is 9.26 Å². The van der Waals surface area contributed by atoms with E-state index in [1.165, 1.54) is 0 Å². The lowest BCUT2D eigenvalue weighted by Crippen LogP contribution is -2.32. The summed E-state index contributed by atoms with van der Waals surface area (Å²) >= 11 is 0. The topological polar surface area (TPSA) is 60.2 Å². The highest BCUT2D eigenvalue weighted by atomic mass is 16.5. The molecular weight excluding hydrogens is 266 g/mol. The Hall–Kier alpha value is -0.940. The van der Waals surface area contributed by atoms with E-state index in [2.05, 4.69) is 57.0 Å². The average molecular weight is 297 g/mol. The highest BCUT2D eigenvalue weighted by Gasteiger charge is 2.32. The first-order valence-corrected chi connectivity index (χ1v) is 7.94. The smallest absolute Gasteiger partial charge is 0.231 e. The first-order valence-electron chi connectivity index (χ1n) is 7.94. The first kappa shape index (κ1) is 18.1. The van der Waals surface area contributed by atoms with Crippen LogP contribution < -0.4 is 5.32 Å². The summed E-state index contributed by atoms with van der Waals surface area (Å²) in [4.78, 5) is 4.61. The standard InChI is InChI=1S/C16H31N3O2/c1-8-10-17-11(3)12(9-2)15-18-14(19-21-15)13(20-7)16(4,5)6/h11-13,17H,8-10H2,1-7H3. The fraction of sp³-hybridized carbons (Fsp3) is 0.875. The molecule has 5 nitrogen and oxygen atoms in total. The van der Waals surface area contributed by atoms with Crippen LogP contribution in [0.15, 0.2) is 4.52 Å². The van der Waals surface area contributed by atoms with Crippen molar-refractivity contribution in [2.45, 2.75) is 72.4 Å². The largest absolute Gasteiger partial charge is 0.373 e. The van der Waals surface area contributed by atoms with Gasteiger partial charge in [-0.3, -0.25) is 0 Å². The first-order chi connectivity index (χ1) is 9.85. The molecule has 1 aromatic heterocycles. The molecule has 1 aromatic rings. The van der Waals surface area contributed by atoms with Crippen molar-refractivity contribution in [1.82, 2.24) is 15.5 Å². The van der Waals surface area contributed by atoms with Gasteiger partial charge in [-0.25, -0.2) is 0 Å². The van der Waals surface area contributed by atoms with Crippen LogP contribution in [0.25, 0.3) is 0 Å². The van der Waals surface area contributed by atoms with Crippen molar-refractivity contribution in [1.29, 1.82) is 0 Å². The van der Waals surface area contributed by atoms with E-state index in [1.54, 1.807) is 7.11 Å². The Morgan fingerprint density at radius 1 is 1.29 bits per heavy atom. The van der Waals surface area contributed by atoms with Crippen LogP contribution in [-0.4, -0.2) is 29.8 Å². The van der Waals surface area contributed by atoms with E-state index in [-0.39, 0.29) is 17.4 Å². The van der Waals surface area contributed by atoms with Gasteiger partial charge in [-0.15, -0.1) is 0 Å². The quantitative estimate of drug-likeness (QED) is 0.793. The predicted molar refractivity (Wildman–Crippen MR) is 84.3 cm³/mol. The van der Waals surface area contributed by atoms with Crippen LogP contribution in [0.1, 0.15) is 78.1 Å². The molecule has 0 aromatic carbocycles. The highest BCUT2D eigenvalue weighted by molar-refractivity contribution is 5.02. The minimum absolute atomic E-state index is 0.0658. The molecule has 5 heteroatoms. The Kier molecular flexibility index (Phi) is 6.81. The fourth-order valence-electron chi connectivity index (χ4n) is 2.61. The molecule has 0 radical (unpaired) electrons. The highest BCUT2D eigenvalue weighted by Crippen LogP contribution is 2.34. The maximum Gasteiger partial charge on any atom is 0.231 e. The molecule has 3 atom stereocenters. The molecule has 21 heavy (non-hydrogen) atoms. The van der Waals surface area contributed by atoms with Crippen LogP contribution in [0.5, 0.6) is 0 Å². The molecule has 1 heterocycles. The second kappa shape index (κ2) is 7.90. The third-order valence-corrected chi connectivity index (χ3v) is 3.79. The van der Waals surface area contributed by atoms with Crippen LogP contribution in [0.2, 0.25) is 0 Å². The molecule has 122 valence electrons. The number of rotatable bonds is 8. The molecule has 0 amide bonds. The third-order valence-electron chi connectivity index (χ3n) is 3.79. The zero-order valence-electron chi connectivity index (χ0n) is 14.6. The van der Waals surface area contributed by atoms with Gasteiger partial charge in [0, 0.05) is 13.2 Å². The van der Waals surface area contributed by atoms with Gasteiger partial charge >= 0.3 is 0 Å². The van der Waals surface area contributed by atoms with E-state index < -0.39 is 0 Å². The summed E-state index contributed by atoms with van der Waals surface area (Å²) < 4.78 is 11.1. The molecule has 1 rings (SSSR count). The number of hydrogen-bond acceptors (Lipinski definition) is 5. The summed E-state index contributed by atoms with van der Waals surface area (Å²) in [6.45, 7) is 13.8. The van der Waals surface area contributed by atoms with E-state index in [0.717, 1.165) is 19.4 Å². The van der Waals surface area contributed by atoms with Gasteiger partial charge in [0.2, 0.25) is 11.7 Å². The summed E-state index contributed by atoms with van der Waals surface area (Å²) in [6.07, 6.45) is 1.92. The van der Waals surface area contributed by atoms with Crippen molar-refractivity contribution in [3.63, 3.8) is 0 Å². The van der Waals surface area contributed by atoms with Crippen LogP contribution in [0, 0.1) is 5.41 Å². The maximum atomic E-state index is 5.55. The van der Waals surface area contributed by atoms with E-state index >= 15 is 0 Å². The number of hydrogen-bond donors (Lipinski definition) is 1. The molecule has 0 saturated heterocycles. The van der Waals surface area contributed by atoms with Crippen LogP contribution in [0.4, 0.5) is 0 Å². The molecule has 0 aliphatic heterocycles. The second-order valence-electron chi connectivity index (χ2n) is 6.73. The Morgan fingerprint density at radius 2 is 1.95 bits per heavy atom. The number of methoxy groups -OCH3 is 1. The van der Waals surface area contributed by atoms with Gasteiger partial charge in [0.15, 0.2) is 0 Å². The van der Waals surface area contributed by atoms with Crippen LogP contribution in [-0.2, 0) is 4.74 Å². The molecule has 0 fully saturated rings. The Labute approximate surface area is 128 Å². The number of aromatic nitrogens is 2. The van der Waals surface area contributed by atoms with Gasteiger partial charge in [0.1, 0.15) is 6.10 Å². The number of nitrogens with zero attached hydrogens (tertiary/aromatic N) is 2. The summed E-state index contributed by atoms with van der Waals surface area (Å²) in [7, 11) is 1.69. The van der Waals surface area contributed by atoms with Crippen LogP contribution in [0.3, 0.4) is 0 Å². The van der Waals surface area contributed by atoms with Gasteiger partial charge < -0.3 is 14.6 Å². The van der Waals surface area contributed by atoms with E-state index in [1.807, 2.05) is 0 Å². The van der Waals surface area contributed by atoms with Gasteiger partial charge in [-0.2, -0.15) is 4.98 Å². The zero-order chi connectivity index (χ0) is 16.0. The summed E-state index contributed by atoms with van der Waals surface area (Å²) in [5.41, 5.74) is -0.0658. The van der Waals surface area contributed by atoms with Gasteiger partial charge in [-0.05, 0) is 31.7 Å². The molecule has 1 N–H and O–H groups in total. The maximum absolute atomic E-state index is 5.55. The Bertz CT molecular complexity index is 412. The molecule has 0 bridgehead atoms. The summed E-state index contributed by atoms with van der Waals surface area (Å²) in [5.74, 6) is 1.58. The summed E-state index contributed by atoms with van der Waals surface area (Å²) in [5, 5.41) is 7.65. The molecule has 0 aliphatic rings. The van der Waals surface area contributed by atoms with Gasteiger partial charge in [0.25, 0.3) is 0 Å². The van der Waals surface area contributed by atoms with Gasteiger partial charge in [-0.1, -0.05) is 39.8 Å². The Balaban J connectivity index is 2.89. The van der Waals surface area contributed by atoms with Crippen molar-refractivity contribution in [3.8, 4) is 0 Å². The number of ether oxygens (including phenoxy) is 1. The lowest BCUT2D eigenvalue weighted by molar-refractivity contribution is 0.00718. The second-order valence-corrected chi connectivity index (χ2v) is 6.73. The Morgan fingerprint density at radius 3 is 2.43 bits per heavy atom. The van der Waals surface area contributed by atoms with Gasteiger partial charge in [0.05, 0.1) is 5.92 Å². The summed E-state index contributed by atoms with van der Waals surface area (Å²) in [6, 6.07) is 0.318. The minimum atomic E-state index is -0.161. The lowest BCUT2D eigenvalue weighted by Gasteiger charge is -2.26. The lowest BCUT2D eigenvalue weighted by atomic mass is 9.88. The SMILES string of the molecule is CCCNC(C)C(CC)c1nc(C(OC)C(C)(C)C)no1. The average Bonchev–Trinajstić information content (AvgIpc) is 2.85. The monoisotopic (exact) mass is 297 g/mol. The van der Waals surface area contributed by atoms with Crippen molar-refractivity contribution in [2.24, 2.45) is 5.41 Å². The van der Waals surface area contributed by atoms with Crippen molar-refractivity contribution in [2.75, 3.05) is 13.7 Å². The predicted octanol–water partition coefficient (Wildman–Crippen LogP) is 3.68. The molecule has 0 aliphatic carbocycles. The molecule has 0 spiro atoms. The minimum Gasteiger partial charge on any atom is -0.373 e. The molecule has 0 saturated carbocycles. The zero-order valence-corrected chi connectivity index (χ0v) is 14.6. The van der Waals surface area contributed by atoms with E-state index in [9.17, 15) is 0 Å². The normalized spacial score (nSPS) is 16.7. The van der Waals surface area contributed by atoms with Crippen LogP contribution >= 0.6 is 0 Å². The fourth-order valence-corrected chi connectivity index (χ4v) is 2.61.